The molecule has 2 aromatic rings. The molecule has 0 aliphatic heterocycles. The van der Waals surface area contributed by atoms with Crippen molar-refractivity contribution in [3.8, 4) is 0 Å². The second-order valence-corrected chi connectivity index (χ2v) is 8.49. The predicted octanol–water partition coefficient (Wildman–Crippen LogP) is 5.39. The first-order valence-corrected chi connectivity index (χ1v) is 9.85. The fourth-order valence-electron chi connectivity index (χ4n) is 2.98. The van der Waals surface area contributed by atoms with Crippen LogP contribution in [0.15, 0.2) is 28.7 Å². The third-order valence-electron chi connectivity index (χ3n) is 4.33. The number of hydrogen-bond donors (Lipinski definition) is 2. The van der Waals surface area contributed by atoms with Gasteiger partial charge in [-0.15, -0.1) is 11.3 Å². The van der Waals surface area contributed by atoms with E-state index in [2.05, 4.69) is 28.2 Å². The number of hydrogen-bond acceptors (Lipinski definition) is 3. The molecule has 2 amide bonds. The van der Waals surface area contributed by atoms with E-state index in [0.717, 1.165) is 32.7 Å². The van der Waals surface area contributed by atoms with Gasteiger partial charge in [0, 0.05) is 15.0 Å². The Morgan fingerprint density at radius 3 is 2.48 bits per heavy atom. The Balaban J connectivity index is 1.94. The summed E-state index contributed by atoms with van der Waals surface area (Å²) in [7, 11) is 0. The van der Waals surface area contributed by atoms with Gasteiger partial charge in [0.15, 0.2) is 0 Å². The molecule has 3 rings (SSSR count). The largest absolute Gasteiger partial charge is 0.471 e. The number of carbonyl (C=O) groups excluding carboxylic acids is 2. The second-order valence-electron chi connectivity index (χ2n) is 6.47. The van der Waals surface area contributed by atoms with Gasteiger partial charge >= 0.3 is 12.1 Å². The van der Waals surface area contributed by atoms with Gasteiger partial charge in [0.25, 0.3) is 5.91 Å². The lowest BCUT2D eigenvalue weighted by Crippen LogP contribution is -2.30. The van der Waals surface area contributed by atoms with Gasteiger partial charge in [-0.2, -0.15) is 13.2 Å². The molecular weight excluding hydrogens is 445 g/mol. The minimum Gasteiger partial charge on any atom is -0.322 e. The second kappa shape index (κ2) is 7.63. The lowest BCUT2D eigenvalue weighted by atomic mass is 9.88. The molecule has 0 saturated heterocycles. The molecule has 1 atom stereocenters. The molecule has 0 bridgehead atoms. The Morgan fingerprint density at radius 1 is 1.19 bits per heavy atom. The normalized spacial score (nSPS) is 16.6. The van der Waals surface area contributed by atoms with Gasteiger partial charge < -0.3 is 10.6 Å². The van der Waals surface area contributed by atoms with Gasteiger partial charge in [0.1, 0.15) is 5.00 Å². The number of nitrogens with one attached hydrogen (secondary N) is 2. The maximum absolute atomic E-state index is 12.8. The van der Waals surface area contributed by atoms with E-state index >= 15 is 0 Å². The van der Waals surface area contributed by atoms with Crippen molar-refractivity contribution in [3.05, 3.63) is 44.7 Å². The third-order valence-corrected chi connectivity index (χ3v) is 6.02. The van der Waals surface area contributed by atoms with Crippen LogP contribution < -0.4 is 10.6 Å². The zero-order valence-electron chi connectivity index (χ0n) is 14.2. The van der Waals surface area contributed by atoms with Gasteiger partial charge in [-0.1, -0.05) is 22.9 Å². The maximum Gasteiger partial charge on any atom is 0.471 e. The number of alkyl halides is 3. The molecule has 1 aliphatic carbocycles. The van der Waals surface area contributed by atoms with Crippen LogP contribution in [0.4, 0.5) is 23.9 Å². The van der Waals surface area contributed by atoms with Crippen molar-refractivity contribution in [3.63, 3.8) is 0 Å². The van der Waals surface area contributed by atoms with Crippen molar-refractivity contribution < 1.29 is 22.8 Å². The van der Waals surface area contributed by atoms with Crippen LogP contribution in [-0.2, 0) is 17.6 Å². The van der Waals surface area contributed by atoms with Crippen molar-refractivity contribution in [2.75, 3.05) is 10.6 Å². The summed E-state index contributed by atoms with van der Waals surface area (Å²) in [5.41, 5.74) is 1.37. The van der Waals surface area contributed by atoms with Crippen LogP contribution in [-0.4, -0.2) is 18.0 Å². The van der Waals surface area contributed by atoms with Gasteiger partial charge in [-0.3, -0.25) is 9.59 Å². The number of fused-ring (bicyclic) bond motifs is 1. The van der Waals surface area contributed by atoms with Gasteiger partial charge in [0.2, 0.25) is 0 Å². The van der Waals surface area contributed by atoms with E-state index in [0.29, 0.717) is 24.4 Å². The van der Waals surface area contributed by atoms with E-state index in [4.69, 9.17) is 0 Å². The fourth-order valence-corrected chi connectivity index (χ4v) is 4.65. The Morgan fingerprint density at radius 2 is 1.85 bits per heavy atom. The molecule has 1 heterocycles. The zero-order chi connectivity index (χ0) is 19.8. The highest BCUT2D eigenvalue weighted by Gasteiger charge is 2.40. The average Bonchev–Trinajstić information content (AvgIpc) is 2.93. The molecule has 1 aromatic heterocycles. The van der Waals surface area contributed by atoms with Gasteiger partial charge in [-0.05, 0) is 55.0 Å². The molecule has 144 valence electrons. The smallest absolute Gasteiger partial charge is 0.322 e. The molecule has 0 radical (unpaired) electrons. The number of rotatable bonds is 3. The number of thiophene rings is 1. The van der Waals surface area contributed by atoms with Crippen LogP contribution in [0.2, 0.25) is 0 Å². The van der Waals surface area contributed by atoms with Crippen LogP contribution in [0, 0.1) is 5.92 Å². The van der Waals surface area contributed by atoms with Crippen LogP contribution in [0.25, 0.3) is 0 Å². The van der Waals surface area contributed by atoms with Crippen molar-refractivity contribution >= 4 is 49.8 Å². The van der Waals surface area contributed by atoms with Crippen molar-refractivity contribution in [1.82, 2.24) is 0 Å². The Bertz CT molecular complexity index is 878. The summed E-state index contributed by atoms with van der Waals surface area (Å²) in [6, 6.07) is 6.84. The molecule has 1 aromatic carbocycles. The Labute approximate surface area is 166 Å². The highest BCUT2D eigenvalue weighted by Crippen LogP contribution is 2.40. The molecule has 1 aliphatic rings. The fraction of sp³-hybridized carbons (Fsp3) is 0.333. The van der Waals surface area contributed by atoms with Crippen molar-refractivity contribution in [1.29, 1.82) is 0 Å². The SMILES string of the molecule is C[C@H]1CCc2c(sc(NC(=O)C(F)(F)F)c2C(=O)Nc2ccc(Br)cc2)C1. The molecule has 0 fully saturated rings. The number of anilines is 2. The van der Waals surface area contributed by atoms with E-state index in [1.54, 1.807) is 24.3 Å². The van der Waals surface area contributed by atoms with Crippen LogP contribution in [0.1, 0.15) is 34.1 Å². The summed E-state index contributed by atoms with van der Waals surface area (Å²) in [5.74, 6) is -2.22. The van der Waals surface area contributed by atoms with Crippen LogP contribution in [0.5, 0.6) is 0 Å². The van der Waals surface area contributed by atoms with E-state index in [9.17, 15) is 22.8 Å². The lowest BCUT2D eigenvalue weighted by molar-refractivity contribution is -0.167. The Hall–Kier alpha value is -1.87. The topological polar surface area (TPSA) is 58.2 Å². The average molecular weight is 461 g/mol. The maximum atomic E-state index is 12.8. The van der Waals surface area contributed by atoms with Crippen LogP contribution in [0.3, 0.4) is 0 Å². The molecule has 0 spiro atoms. The van der Waals surface area contributed by atoms with E-state index in [1.165, 1.54) is 0 Å². The number of carbonyl (C=O) groups is 2. The first-order valence-electron chi connectivity index (χ1n) is 8.24. The van der Waals surface area contributed by atoms with Crippen molar-refractivity contribution in [2.24, 2.45) is 5.92 Å². The number of halogens is 4. The molecule has 27 heavy (non-hydrogen) atoms. The minimum atomic E-state index is -5.02. The summed E-state index contributed by atoms with van der Waals surface area (Å²) in [5, 5.41) is 4.53. The molecular formula is C18H16BrF3N2O2S. The van der Waals surface area contributed by atoms with E-state index < -0.39 is 18.0 Å². The molecule has 0 saturated carbocycles. The zero-order valence-corrected chi connectivity index (χ0v) is 16.6. The monoisotopic (exact) mass is 460 g/mol. The van der Waals surface area contributed by atoms with E-state index in [1.807, 2.05) is 5.32 Å². The van der Waals surface area contributed by atoms with Gasteiger partial charge in [0.05, 0.1) is 5.56 Å². The molecule has 2 N–H and O–H groups in total. The quantitative estimate of drug-likeness (QED) is 0.644. The molecule has 0 unspecified atom stereocenters. The van der Waals surface area contributed by atoms with Crippen molar-refractivity contribution in [2.45, 2.75) is 32.4 Å². The number of benzene rings is 1. The molecule has 9 heteroatoms. The van der Waals surface area contributed by atoms with E-state index in [-0.39, 0.29) is 10.6 Å². The summed E-state index contributed by atoms with van der Waals surface area (Å²) < 4.78 is 38.9. The summed E-state index contributed by atoms with van der Waals surface area (Å²) in [4.78, 5) is 25.1. The standard InChI is InChI=1S/C18H16BrF3N2O2S/c1-9-2-7-12-13(8-9)27-16(24-17(26)18(20,21)22)14(12)15(25)23-11-5-3-10(19)4-6-11/h3-6,9H,2,7-8H2,1H3,(H,23,25)(H,24,26)/t9-/m0/s1. The summed E-state index contributed by atoms with van der Waals surface area (Å²) >= 11 is 4.35. The molecule has 4 nitrogen and oxygen atoms in total. The lowest BCUT2D eigenvalue weighted by Gasteiger charge is -2.18. The summed E-state index contributed by atoms with van der Waals surface area (Å²) in [6.45, 7) is 2.05. The first kappa shape index (κ1) is 19.9. The van der Waals surface area contributed by atoms with Crippen LogP contribution >= 0.6 is 27.3 Å². The highest BCUT2D eigenvalue weighted by molar-refractivity contribution is 9.10. The Kier molecular flexibility index (Phi) is 5.62. The summed E-state index contributed by atoms with van der Waals surface area (Å²) in [6.07, 6.45) is -2.90. The highest BCUT2D eigenvalue weighted by atomic mass is 79.9. The minimum absolute atomic E-state index is 0.0500. The van der Waals surface area contributed by atoms with Gasteiger partial charge in [-0.25, -0.2) is 0 Å². The first-order chi connectivity index (χ1) is 12.6. The number of amides is 2. The predicted molar refractivity (Wildman–Crippen MR) is 102 cm³/mol. The third kappa shape index (κ3) is 4.52.